The van der Waals surface area contributed by atoms with E-state index in [2.05, 4.69) is 13.8 Å². The molecule has 0 bridgehead atoms. The minimum atomic E-state index is 0.468. The molecule has 2 nitrogen and oxygen atoms in total. The second-order valence-electron chi connectivity index (χ2n) is 5.10. The van der Waals surface area contributed by atoms with Gasteiger partial charge in [0.25, 0.3) is 0 Å². The molecule has 2 aliphatic rings. The number of rotatable bonds is 4. The Kier molecular flexibility index (Phi) is 3.73. The Morgan fingerprint density at radius 2 is 2.07 bits per heavy atom. The van der Waals surface area contributed by atoms with Crippen LogP contribution in [0.3, 0.4) is 0 Å². The lowest BCUT2D eigenvalue weighted by atomic mass is 9.89. The zero-order chi connectivity index (χ0) is 10.8. The summed E-state index contributed by atoms with van der Waals surface area (Å²) in [5.41, 5.74) is 0. The molecule has 2 rings (SSSR count). The first kappa shape index (κ1) is 11.5. The normalized spacial score (nSPS) is 35.3. The second kappa shape index (κ2) is 4.88. The van der Waals surface area contributed by atoms with E-state index in [9.17, 15) is 0 Å². The zero-order valence-electron chi connectivity index (χ0n) is 9.98. The first-order valence-corrected chi connectivity index (χ1v) is 6.33. The van der Waals surface area contributed by atoms with Crippen LogP contribution in [0.15, 0.2) is 0 Å². The summed E-state index contributed by atoms with van der Waals surface area (Å²) in [5, 5.41) is 0. The van der Waals surface area contributed by atoms with Crippen LogP contribution in [-0.4, -0.2) is 38.6 Å². The smallest absolute Gasteiger partial charge is 0.182 e. The third-order valence-corrected chi connectivity index (χ3v) is 4.10. The highest BCUT2D eigenvalue weighted by atomic mass is 16.5. The molecule has 1 unspecified atom stereocenters. The number of ether oxygens (including phenoxy) is 1. The van der Waals surface area contributed by atoms with Crippen molar-refractivity contribution in [1.29, 1.82) is 0 Å². The van der Waals surface area contributed by atoms with Crippen molar-refractivity contribution in [2.75, 3.05) is 19.7 Å². The van der Waals surface area contributed by atoms with Gasteiger partial charge in [0.15, 0.2) is 7.98 Å². The lowest BCUT2D eigenvalue weighted by Gasteiger charge is -2.30. The van der Waals surface area contributed by atoms with Gasteiger partial charge in [-0.15, -0.1) is 0 Å². The average molecular weight is 207 g/mol. The van der Waals surface area contributed by atoms with Gasteiger partial charge in [0, 0.05) is 6.61 Å². The molecule has 15 heavy (non-hydrogen) atoms. The Hall–Kier alpha value is -0.0151. The molecule has 0 N–H and O–H groups in total. The lowest BCUT2D eigenvalue weighted by molar-refractivity contribution is 0.0526. The van der Waals surface area contributed by atoms with Crippen molar-refractivity contribution in [1.82, 2.24) is 4.81 Å². The van der Waals surface area contributed by atoms with Crippen molar-refractivity contribution in [2.45, 2.75) is 39.2 Å². The van der Waals surface area contributed by atoms with Gasteiger partial charge in [-0.25, -0.2) is 0 Å². The number of hydrogen-bond donors (Lipinski definition) is 0. The van der Waals surface area contributed by atoms with Gasteiger partial charge in [-0.2, -0.15) is 0 Å². The summed E-state index contributed by atoms with van der Waals surface area (Å²) < 4.78 is 5.67. The van der Waals surface area contributed by atoms with Gasteiger partial charge >= 0.3 is 0 Å². The minimum Gasteiger partial charge on any atom is -0.378 e. The molecule has 1 saturated heterocycles. The zero-order valence-corrected chi connectivity index (χ0v) is 9.98. The van der Waals surface area contributed by atoms with Crippen molar-refractivity contribution in [2.24, 2.45) is 17.8 Å². The highest BCUT2D eigenvalue weighted by molar-refractivity contribution is 6.04. The van der Waals surface area contributed by atoms with Crippen molar-refractivity contribution in [3.8, 4) is 0 Å². The van der Waals surface area contributed by atoms with Crippen LogP contribution < -0.4 is 0 Å². The van der Waals surface area contributed by atoms with E-state index in [0.29, 0.717) is 6.10 Å². The van der Waals surface area contributed by atoms with Gasteiger partial charge < -0.3 is 9.55 Å². The summed E-state index contributed by atoms with van der Waals surface area (Å²) in [6.07, 6.45) is 4.43. The molecule has 1 saturated carbocycles. The van der Waals surface area contributed by atoms with Crippen LogP contribution in [0.25, 0.3) is 0 Å². The average Bonchev–Trinajstić information content (AvgIpc) is 2.99. The summed E-state index contributed by atoms with van der Waals surface area (Å²) in [4.78, 5) is 1.96. The summed E-state index contributed by atoms with van der Waals surface area (Å²) in [6, 6.07) is 0. The molecule has 0 aromatic rings. The van der Waals surface area contributed by atoms with Crippen LogP contribution in [0, 0.1) is 17.8 Å². The Bertz CT molecular complexity index is 204. The van der Waals surface area contributed by atoms with Gasteiger partial charge in [-0.05, 0) is 64.0 Å². The molecule has 3 atom stereocenters. The second-order valence-corrected chi connectivity index (χ2v) is 5.10. The molecule has 0 amide bonds. The van der Waals surface area contributed by atoms with E-state index in [0.717, 1.165) is 37.5 Å². The molecule has 3 heteroatoms. The monoisotopic (exact) mass is 207 g/mol. The molecular formula is C12H22BNO. The Balaban J connectivity index is 1.73. The SMILES string of the molecule is [B]N1CCC([C@H]2C[C@H]2C(C)OCC)CC1. The molecule has 0 aromatic heterocycles. The highest BCUT2D eigenvalue weighted by Gasteiger charge is 2.46. The number of piperidine rings is 1. The fourth-order valence-corrected chi connectivity index (χ4v) is 3.05. The first-order chi connectivity index (χ1) is 7.22. The Morgan fingerprint density at radius 1 is 1.40 bits per heavy atom. The Labute approximate surface area is 94.8 Å². The fourth-order valence-electron chi connectivity index (χ4n) is 3.05. The maximum absolute atomic E-state index is 5.77. The third kappa shape index (κ3) is 2.76. The van der Waals surface area contributed by atoms with E-state index >= 15 is 0 Å². The van der Waals surface area contributed by atoms with Gasteiger partial charge in [0.1, 0.15) is 0 Å². The maximum atomic E-state index is 5.77. The van der Waals surface area contributed by atoms with Crippen molar-refractivity contribution in [3.63, 3.8) is 0 Å². The van der Waals surface area contributed by atoms with E-state index in [1.807, 2.05) is 4.81 Å². The van der Waals surface area contributed by atoms with E-state index in [-0.39, 0.29) is 0 Å². The van der Waals surface area contributed by atoms with Gasteiger partial charge in [-0.1, -0.05) is 0 Å². The molecule has 1 aliphatic heterocycles. The van der Waals surface area contributed by atoms with Crippen LogP contribution in [0.5, 0.6) is 0 Å². The van der Waals surface area contributed by atoms with Gasteiger partial charge in [-0.3, -0.25) is 0 Å². The van der Waals surface area contributed by atoms with Gasteiger partial charge in [0.2, 0.25) is 0 Å². The number of nitrogens with zero attached hydrogens (tertiary/aromatic N) is 1. The minimum absolute atomic E-state index is 0.468. The molecule has 2 radical (unpaired) electrons. The van der Waals surface area contributed by atoms with Crippen LogP contribution in [0.1, 0.15) is 33.1 Å². The number of hydrogen-bond acceptors (Lipinski definition) is 2. The molecule has 2 fully saturated rings. The quantitative estimate of drug-likeness (QED) is 0.652. The van der Waals surface area contributed by atoms with Crippen LogP contribution in [0.4, 0.5) is 0 Å². The lowest BCUT2D eigenvalue weighted by Crippen LogP contribution is -2.32. The first-order valence-electron chi connectivity index (χ1n) is 6.33. The van der Waals surface area contributed by atoms with E-state index in [1.165, 1.54) is 19.3 Å². The van der Waals surface area contributed by atoms with E-state index < -0.39 is 0 Å². The van der Waals surface area contributed by atoms with Crippen LogP contribution in [-0.2, 0) is 4.74 Å². The molecular weight excluding hydrogens is 185 g/mol. The molecule has 1 heterocycles. The van der Waals surface area contributed by atoms with E-state index in [4.69, 9.17) is 12.7 Å². The molecule has 0 spiro atoms. The standard InChI is InChI=1S/C12H22BNO/c1-3-15-9(2)11-8-12(11)10-4-6-14(13)7-5-10/h9-12H,3-8H2,1-2H3/t9?,11-,12+/m0/s1. The maximum Gasteiger partial charge on any atom is 0.182 e. The van der Waals surface area contributed by atoms with E-state index in [1.54, 1.807) is 0 Å². The van der Waals surface area contributed by atoms with Crippen LogP contribution >= 0.6 is 0 Å². The topological polar surface area (TPSA) is 12.5 Å². The largest absolute Gasteiger partial charge is 0.378 e. The van der Waals surface area contributed by atoms with Crippen molar-refractivity contribution >= 4 is 7.98 Å². The fraction of sp³-hybridized carbons (Fsp3) is 1.00. The highest BCUT2D eigenvalue weighted by Crippen LogP contribution is 2.50. The summed E-state index contributed by atoms with van der Waals surface area (Å²) in [6.45, 7) is 7.33. The third-order valence-electron chi connectivity index (χ3n) is 4.10. The predicted molar refractivity (Wildman–Crippen MR) is 62.7 cm³/mol. The van der Waals surface area contributed by atoms with Crippen molar-refractivity contribution < 1.29 is 4.74 Å². The molecule has 84 valence electrons. The molecule has 1 aliphatic carbocycles. The Morgan fingerprint density at radius 3 is 2.67 bits per heavy atom. The van der Waals surface area contributed by atoms with Gasteiger partial charge in [0.05, 0.1) is 6.10 Å². The molecule has 0 aromatic carbocycles. The summed E-state index contributed by atoms with van der Waals surface area (Å²) in [7, 11) is 5.77. The summed E-state index contributed by atoms with van der Waals surface area (Å²) >= 11 is 0. The van der Waals surface area contributed by atoms with Crippen molar-refractivity contribution in [3.05, 3.63) is 0 Å². The predicted octanol–water partition coefficient (Wildman–Crippen LogP) is 1.84. The van der Waals surface area contributed by atoms with Crippen LogP contribution in [0.2, 0.25) is 0 Å². The summed E-state index contributed by atoms with van der Waals surface area (Å²) in [5.74, 6) is 2.68.